The number of hydrogen-bond acceptors (Lipinski definition) is 2. The fraction of sp³-hybridized carbons (Fsp3) is 0.562. The van der Waals surface area contributed by atoms with E-state index in [-0.39, 0.29) is 17.6 Å². The van der Waals surface area contributed by atoms with Crippen molar-refractivity contribution in [1.29, 1.82) is 0 Å². The van der Waals surface area contributed by atoms with Crippen LogP contribution in [0.4, 0.5) is 10.5 Å². The molecule has 0 bridgehead atoms. The molecule has 1 aromatic carbocycles. The molecule has 2 amide bonds. The van der Waals surface area contributed by atoms with Gasteiger partial charge in [-0.05, 0) is 36.0 Å². The predicted octanol–water partition coefficient (Wildman–Crippen LogP) is 2.97. The van der Waals surface area contributed by atoms with Gasteiger partial charge in [-0.1, -0.05) is 32.9 Å². The Labute approximate surface area is 120 Å². The lowest BCUT2D eigenvalue weighted by atomic mass is 9.87. The van der Waals surface area contributed by atoms with Gasteiger partial charge in [-0.3, -0.25) is 0 Å². The summed E-state index contributed by atoms with van der Waals surface area (Å²) in [6.07, 6.45) is 1.07. The summed E-state index contributed by atoms with van der Waals surface area (Å²) in [5.41, 5.74) is 2.18. The van der Waals surface area contributed by atoms with Gasteiger partial charge in [0, 0.05) is 18.8 Å². The Kier molecular flexibility index (Phi) is 4.33. The fourth-order valence-corrected chi connectivity index (χ4v) is 2.33. The summed E-state index contributed by atoms with van der Waals surface area (Å²) in [4.78, 5) is 13.8. The van der Waals surface area contributed by atoms with Crippen LogP contribution < -0.4 is 5.32 Å². The van der Waals surface area contributed by atoms with Crippen molar-refractivity contribution in [2.45, 2.75) is 45.1 Å². The highest BCUT2D eigenvalue weighted by Crippen LogP contribution is 2.23. The van der Waals surface area contributed by atoms with Crippen LogP contribution in [0.5, 0.6) is 0 Å². The Balaban J connectivity index is 1.94. The van der Waals surface area contributed by atoms with Gasteiger partial charge in [0.25, 0.3) is 0 Å². The van der Waals surface area contributed by atoms with Crippen LogP contribution in [0.3, 0.4) is 0 Å². The van der Waals surface area contributed by atoms with E-state index in [4.69, 9.17) is 0 Å². The molecule has 110 valence electrons. The van der Waals surface area contributed by atoms with Crippen LogP contribution in [0.2, 0.25) is 0 Å². The van der Waals surface area contributed by atoms with Crippen molar-refractivity contribution in [3.8, 4) is 0 Å². The minimum absolute atomic E-state index is 0.0830. The summed E-state index contributed by atoms with van der Waals surface area (Å²) in [5, 5.41) is 12.4. The Morgan fingerprint density at radius 2 is 1.75 bits per heavy atom. The average molecular weight is 276 g/mol. The maximum absolute atomic E-state index is 12.1. The summed E-state index contributed by atoms with van der Waals surface area (Å²) >= 11 is 0. The second-order valence-electron chi connectivity index (χ2n) is 6.48. The molecule has 0 radical (unpaired) electrons. The van der Waals surface area contributed by atoms with E-state index in [1.807, 2.05) is 12.1 Å². The zero-order chi connectivity index (χ0) is 14.8. The van der Waals surface area contributed by atoms with E-state index < -0.39 is 0 Å². The fourth-order valence-electron chi connectivity index (χ4n) is 2.33. The number of aliphatic hydroxyl groups excluding tert-OH is 1. The first-order valence-electron chi connectivity index (χ1n) is 7.21. The normalized spacial score (nSPS) is 17.1. The summed E-state index contributed by atoms with van der Waals surface area (Å²) in [6.45, 7) is 7.74. The molecular formula is C16H24N2O2. The molecule has 1 saturated heterocycles. The van der Waals surface area contributed by atoms with Crippen LogP contribution in [0, 0.1) is 0 Å². The molecule has 1 fully saturated rings. The molecule has 4 heteroatoms. The number of rotatable bonds is 1. The second kappa shape index (κ2) is 5.83. The number of amides is 2. The zero-order valence-electron chi connectivity index (χ0n) is 12.5. The lowest BCUT2D eigenvalue weighted by molar-refractivity contribution is 0.0972. The van der Waals surface area contributed by atoms with Crippen LogP contribution >= 0.6 is 0 Å². The van der Waals surface area contributed by atoms with Crippen molar-refractivity contribution in [2.24, 2.45) is 0 Å². The highest BCUT2D eigenvalue weighted by molar-refractivity contribution is 5.89. The number of aliphatic hydroxyl groups is 1. The Bertz CT molecular complexity index is 454. The van der Waals surface area contributed by atoms with Gasteiger partial charge in [0.05, 0.1) is 6.10 Å². The van der Waals surface area contributed by atoms with Crippen molar-refractivity contribution >= 4 is 11.7 Å². The van der Waals surface area contributed by atoms with Crippen molar-refractivity contribution in [2.75, 3.05) is 18.4 Å². The molecule has 0 aliphatic carbocycles. The average Bonchev–Trinajstić information content (AvgIpc) is 2.39. The molecular weight excluding hydrogens is 252 g/mol. The minimum Gasteiger partial charge on any atom is -0.393 e. The molecule has 1 aliphatic rings. The number of nitrogens with one attached hydrogen (secondary N) is 1. The standard InChI is InChI=1S/C16H24N2O2/c1-16(2,3)12-4-6-13(7-5-12)17-15(20)18-10-8-14(19)9-11-18/h4-7,14,19H,8-11H2,1-3H3,(H,17,20). The first-order chi connectivity index (χ1) is 9.36. The van der Waals surface area contributed by atoms with Gasteiger partial charge >= 0.3 is 6.03 Å². The largest absolute Gasteiger partial charge is 0.393 e. The minimum atomic E-state index is -0.259. The third-order valence-electron chi connectivity index (χ3n) is 3.75. The number of benzene rings is 1. The lowest BCUT2D eigenvalue weighted by Gasteiger charge is -2.29. The lowest BCUT2D eigenvalue weighted by Crippen LogP contribution is -2.42. The van der Waals surface area contributed by atoms with Crippen LogP contribution in [0.25, 0.3) is 0 Å². The number of nitrogens with zero attached hydrogens (tertiary/aromatic N) is 1. The van der Waals surface area contributed by atoms with Crippen molar-refractivity contribution in [3.63, 3.8) is 0 Å². The van der Waals surface area contributed by atoms with Crippen LogP contribution in [-0.4, -0.2) is 35.2 Å². The second-order valence-corrected chi connectivity index (χ2v) is 6.48. The molecule has 0 unspecified atom stereocenters. The number of carbonyl (C=O) groups excluding carboxylic acids is 1. The molecule has 0 atom stereocenters. The highest BCUT2D eigenvalue weighted by Gasteiger charge is 2.21. The van der Waals surface area contributed by atoms with Gasteiger partial charge in [-0.15, -0.1) is 0 Å². The smallest absolute Gasteiger partial charge is 0.321 e. The summed E-state index contributed by atoms with van der Waals surface area (Å²) in [5.74, 6) is 0. The molecule has 0 spiro atoms. The maximum Gasteiger partial charge on any atom is 0.321 e. The quantitative estimate of drug-likeness (QED) is 0.828. The van der Waals surface area contributed by atoms with Crippen molar-refractivity contribution in [1.82, 2.24) is 4.90 Å². The molecule has 4 nitrogen and oxygen atoms in total. The Morgan fingerprint density at radius 1 is 1.20 bits per heavy atom. The van der Waals surface area contributed by atoms with E-state index in [1.54, 1.807) is 4.90 Å². The van der Waals surface area contributed by atoms with Crippen LogP contribution in [0.1, 0.15) is 39.2 Å². The first-order valence-corrected chi connectivity index (χ1v) is 7.21. The summed E-state index contributed by atoms with van der Waals surface area (Å²) in [7, 11) is 0. The van der Waals surface area contributed by atoms with E-state index in [0.717, 1.165) is 5.69 Å². The monoisotopic (exact) mass is 276 g/mol. The number of urea groups is 1. The molecule has 1 aromatic rings. The first kappa shape index (κ1) is 14.9. The van der Waals surface area contributed by atoms with Gasteiger partial charge in [0.2, 0.25) is 0 Å². The van der Waals surface area contributed by atoms with Crippen LogP contribution in [0.15, 0.2) is 24.3 Å². The predicted molar refractivity (Wildman–Crippen MR) is 81.0 cm³/mol. The number of piperidine rings is 1. The molecule has 1 heterocycles. The molecule has 0 aromatic heterocycles. The van der Waals surface area contributed by atoms with Gasteiger partial charge < -0.3 is 15.3 Å². The maximum atomic E-state index is 12.1. The molecule has 0 saturated carbocycles. The van der Waals surface area contributed by atoms with Crippen molar-refractivity contribution < 1.29 is 9.90 Å². The zero-order valence-corrected chi connectivity index (χ0v) is 12.5. The van der Waals surface area contributed by atoms with E-state index in [0.29, 0.717) is 25.9 Å². The number of hydrogen-bond donors (Lipinski definition) is 2. The Morgan fingerprint density at radius 3 is 2.25 bits per heavy atom. The van der Waals surface area contributed by atoms with Gasteiger partial charge in [-0.25, -0.2) is 4.79 Å². The van der Waals surface area contributed by atoms with Crippen LogP contribution in [-0.2, 0) is 5.41 Å². The van der Waals surface area contributed by atoms with E-state index in [1.165, 1.54) is 5.56 Å². The molecule has 2 N–H and O–H groups in total. The molecule has 20 heavy (non-hydrogen) atoms. The van der Waals surface area contributed by atoms with Crippen molar-refractivity contribution in [3.05, 3.63) is 29.8 Å². The van der Waals surface area contributed by atoms with E-state index in [9.17, 15) is 9.90 Å². The topological polar surface area (TPSA) is 52.6 Å². The number of carbonyl (C=O) groups is 1. The number of likely N-dealkylation sites (tertiary alicyclic amines) is 1. The Hall–Kier alpha value is -1.55. The molecule has 2 rings (SSSR count). The van der Waals surface area contributed by atoms with E-state index >= 15 is 0 Å². The van der Waals surface area contributed by atoms with Gasteiger partial charge in [-0.2, -0.15) is 0 Å². The third-order valence-corrected chi connectivity index (χ3v) is 3.75. The SMILES string of the molecule is CC(C)(C)c1ccc(NC(=O)N2CCC(O)CC2)cc1. The van der Waals surface area contributed by atoms with Gasteiger partial charge in [0.15, 0.2) is 0 Å². The highest BCUT2D eigenvalue weighted by atomic mass is 16.3. The summed E-state index contributed by atoms with van der Waals surface area (Å²) in [6, 6.07) is 7.90. The third kappa shape index (κ3) is 3.73. The van der Waals surface area contributed by atoms with E-state index in [2.05, 4.69) is 38.2 Å². The van der Waals surface area contributed by atoms with Gasteiger partial charge in [0.1, 0.15) is 0 Å². The summed E-state index contributed by atoms with van der Waals surface area (Å²) < 4.78 is 0. The molecule has 1 aliphatic heterocycles. The number of anilines is 1.